The Bertz CT molecular complexity index is 407. The SMILES string of the molecule is CC1SCC(C(N)c2cc(F)cc(F)c2)SC1C. The Hall–Kier alpha value is -0.260. The average Bonchev–Trinajstić information content (AvgIpc) is 2.30. The van der Waals surface area contributed by atoms with E-state index in [1.807, 2.05) is 23.5 Å². The number of hydrogen-bond acceptors (Lipinski definition) is 3. The first-order valence-electron chi connectivity index (χ1n) is 5.96. The maximum atomic E-state index is 13.2. The number of halogens is 2. The van der Waals surface area contributed by atoms with Gasteiger partial charge in [-0.1, -0.05) is 13.8 Å². The molecule has 4 unspecified atom stereocenters. The summed E-state index contributed by atoms with van der Waals surface area (Å²) in [6, 6.07) is 3.23. The van der Waals surface area contributed by atoms with Crippen LogP contribution in [0.4, 0.5) is 8.78 Å². The molecule has 0 amide bonds. The van der Waals surface area contributed by atoms with Gasteiger partial charge in [-0.05, 0) is 17.7 Å². The van der Waals surface area contributed by atoms with Crippen LogP contribution >= 0.6 is 23.5 Å². The second-order valence-electron chi connectivity index (χ2n) is 4.65. The molecule has 0 aromatic heterocycles. The van der Waals surface area contributed by atoms with E-state index in [4.69, 9.17) is 5.73 Å². The molecular formula is C13H17F2NS2. The number of hydrogen-bond donors (Lipinski definition) is 1. The lowest BCUT2D eigenvalue weighted by Gasteiger charge is -2.34. The van der Waals surface area contributed by atoms with Gasteiger partial charge in [-0.2, -0.15) is 23.5 Å². The predicted octanol–water partition coefficient (Wildman–Crippen LogP) is 3.59. The van der Waals surface area contributed by atoms with E-state index < -0.39 is 11.6 Å². The van der Waals surface area contributed by atoms with E-state index in [0.717, 1.165) is 11.8 Å². The summed E-state index contributed by atoms with van der Waals surface area (Å²) in [6.45, 7) is 4.37. The van der Waals surface area contributed by atoms with Gasteiger partial charge in [0.05, 0.1) is 0 Å². The molecule has 1 nitrogen and oxygen atoms in total. The molecule has 1 aliphatic heterocycles. The standard InChI is InChI=1S/C13H17F2NS2/c1-7-8(2)18-12(6-17-7)13(16)9-3-10(14)5-11(15)4-9/h3-5,7-8,12-13H,6,16H2,1-2H3. The molecule has 0 saturated carbocycles. The van der Waals surface area contributed by atoms with Gasteiger partial charge in [0.25, 0.3) is 0 Å². The lowest BCUT2D eigenvalue weighted by Crippen LogP contribution is -2.34. The lowest BCUT2D eigenvalue weighted by molar-refractivity contribution is 0.572. The van der Waals surface area contributed by atoms with E-state index in [0.29, 0.717) is 16.1 Å². The number of thioether (sulfide) groups is 2. The largest absolute Gasteiger partial charge is 0.323 e. The Morgan fingerprint density at radius 3 is 2.33 bits per heavy atom. The molecule has 18 heavy (non-hydrogen) atoms. The molecule has 0 aliphatic carbocycles. The molecule has 0 radical (unpaired) electrons. The van der Waals surface area contributed by atoms with E-state index in [-0.39, 0.29) is 11.3 Å². The molecule has 1 saturated heterocycles. The fourth-order valence-electron chi connectivity index (χ4n) is 1.98. The minimum Gasteiger partial charge on any atom is -0.323 e. The third kappa shape index (κ3) is 3.19. The molecule has 4 atom stereocenters. The van der Waals surface area contributed by atoms with Gasteiger partial charge >= 0.3 is 0 Å². The van der Waals surface area contributed by atoms with Gasteiger partial charge in [-0.3, -0.25) is 0 Å². The fraction of sp³-hybridized carbons (Fsp3) is 0.538. The molecule has 1 aromatic carbocycles. The Kier molecular flexibility index (Phi) is 4.56. The van der Waals surface area contributed by atoms with Crippen LogP contribution in [0.3, 0.4) is 0 Å². The molecule has 5 heteroatoms. The number of benzene rings is 1. The van der Waals surface area contributed by atoms with E-state index in [1.54, 1.807) is 0 Å². The predicted molar refractivity (Wildman–Crippen MR) is 76.0 cm³/mol. The van der Waals surface area contributed by atoms with Crippen molar-refractivity contribution in [1.82, 2.24) is 0 Å². The van der Waals surface area contributed by atoms with Crippen LogP contribution in [0.5, 0.6) is 0 Å². The summed E-state index contributed by atoms with van der Waals surface area (Å²) in [6.07, 6.45) is 0. The normalized spacial score (nSPS) is 30.2. The molecule has 0 spiro atoms. The van der Waals surface area contributed by atoms with Gasteiger partial charge in [-0.25, -0.2) is 8.78 Å². The summed E-state index contributed by atoms with van der Waals surface area (Å²) in [5.74, 6) is -0.194. The summed E-state index contributed by atoms with van der Waals surface area (Å²) in [7, 11) is 0. The molecule has 1 aliphatic rings. The number of nitrogens with two attached hydrogens (primary N) is 1. The highest BCUT2D eigenvalue weighted by molar-refractivity contribution is 8.07. The van der Waals surface area contributed by atoms with E-state index in [2.05, 4.69) is 13.8 Å². The van der Waals surface area contributed by atoms with E-state index in [9.17, 15) is 8.78 Å². The van der Waals surface area contributed by atoms with Crippen molar-refractivity contribution in [3.05, 3.63) is 35.4 Å². The van der Waals surface area contributed by atoms with Crippen molar-refractivity contribution in [2.75, 3.05) is 5.75 Å². The monoisotopic (exact) mass is 289 g/mol. The van der Waals surface area contributed by atoms with Crippen molar-refractivity contribution in [3.63, 3.8) is 0 Å². The third-order valence-corrected chi connectivity index (χ3v) is 6.76. The molecule has 100 valence electrons. The lowest BCUT2D eigenvalue weighted by atomic mass is 10.0. The van der Waals surface area contributed by atoms with E-state index >= 15 is 0 Å². The molecule has 1 aromatic rings. The van der Waals surface area contributed by atoms with Crippen LogP contribution in [0.25, 0.3) is 0 Å². The third-order valence-electron chi connectivity index (χ3n) is 3.24. The number of rotatable bonds is 2. The van der Waals surface area contributed by atoms with Gasteiger partial charge in [0.1, 0.15) is 11.6 Å². The second kappa shape index (κ2) is 5.80. The van der Waals surface area contributed by atoms with Crippen LogP contribution in [-0.2, 0) is 0 Å². The van der Waals surface area contributed by atoms with Gasteiger partial charge in [0.2, 0.25) is 0 Å². The zero-order valence-corrected chi connectivity index (χ0v) is 12.0. The zero-order chi connectivity index (χ0) is 13.3. The maximum absolute atomic E-state index is 13.2. The zero-order valence-electron chi connectivity index (χ0n) is 10.4. The molecule has 1 fully saturated rings. The summed E-state index contributed by atoms with van der Waals surface area (Å²) in [5.41, 5.74) is 6.70. The van der Waals surface area contributed by atoms with Gasteiger partial charge in [0, 0.05) is 33.6 Å². The highest BCUT2D eigenvalue weighted by atomic mass is 32.2. The Labute approximate surface area is 115 Å². The second-order valence-corrected chi connectivity index (χ2v) is 7.68. The highest BCUT2D eigenvalue weighted by Gasteiger charge is 2.30. The summed E-state index contributed by atoms with van der Waals surface area (Å²) < 4.78 is 26.4. The van der Waals surface area contributed by atoms with Crippen molar-refractivity contribution in [2.24, 2.45) is 5.73 Å². The topological polar surface area (TPSA) is 26.0 Å². The maximum Gasteiger partial charge on any atom is 0.126 e. The summed E-state index contributed by atoms with van der Waals surface area (Å²) >= 11 is 3.70. The van der Waals surface area contributed by atoms with E-state index in [1.165, 1.54) is 12.1 Å². The van der Waals surface area contributed by atoms with Crippen molar-refractivity contribution < 1.29 is 8.78 Å². The molecule has 2 N–H and O–H groups in total. The summed E-state index contributed by atoms with van der Waals surface area (Å²) in [5, 5.41) is 1.32. The van der Waals surface area contributed by atoms with Crippen molar-refractivity contribution in [2.45, 2.75) is 35.6 Å². The van der Waals surface area contributed by atoms with Gasteiger partial charge < -0.3 is 5.73 Å². The molecule has 1 heterocycles. The molecule has 0 bridgehead atoms. The Balaban J connectivity index is 2.13. The van der Waals surface area contributed by atoms with Gasteiger partial charge in [-0.15, -0.1) is 0 Å². The quantitative estimate of drug-likeness (QED) is 0.901. The van der Waals surface area contributed by atoms with Gasteiger partial charge in [0.15, 0.2) is 0 Å². The van der Waals surface area contributed by atoms with Crippen molar-refractivity contribution >= 4 is 23.5 Å². The van der Waals surface area contributed by atoms with Crippen LogP contribution in [0.15, 0.2) is 18.2 Å². The molecular weight excluding hydrogens is 272 g/mol. The molecule has 2 rings (SSSR count). The highest BCUT2D eigenvalue weighted by Crippen LogP contribution is 2.40. The van der Waals surface area contributed by atoms with Crippen LogP contribution < -0.4 is 5.73 Å². The van der Waals surface area contributed by atoms with Crippen LogP contribution in [0, 0.1) is 11.6 Å². The van der Waals surface area contributed by atoms with Crippen LogP contribution in [-0.4, -0.2) is 21.5 Å². The first-order chi connectivity index (χ1) is 8.47. The van der Waals surface area contributed by atoms with Crippen molar-refractivity contribution in [3.8, 4) is 0 Å². The fourth-order valence-corrected chi connectivity index (χ4v) is 5.03. The minimum atomic E-state index is -0.560. The van der Waals surface area contributed by atoms with Crippen molar-refractivity contribution in [1.29, 1.82) is 0 Å². The Morgan fingerprint density at radius 2 is 1.78 bits per heavy atom. The van der Waals surface area contributed by atoms with Crippen LogP contribution in [0.2, 0.25) is 0 Å². The van der Waals surface area contributed by atoms with Crippen LogP contribution in [0.1, 0.15) is 25.5 Å². The Morgan fingerprint density at radius 1 is 1.17 bits per heavy atom. The summed E-state index contributed by atoms with van der Waals surface area (Å²) in [4.78, 5) is 0. The smallest absolute Gasteiger partial charge is 0.126 e. The first-order valence-corrected chi connectivity index (χ1v) is 7.95. The minimum absolute atomic E-state index is 0.211. The average molecular weight is 289 g/mol. The first kappa shape index (κ1) is 14.2.